The van der Waals surface area contributed by atoms with Crippen LogP contribution in [0.5, 0.6) is 5.75 Å². The molecule has 0 bridgehead atoms. The third kappa shape index (κ3) is 5.64. The molecule has 0 amide bonds. The minimum absolute atomic E-state index is 0.230. The number of ether oxygens (including phenoxy) is 1. The van der Waals surface area contributed by atoms with E-state index in [-0.39, 0.29) is 5.97 Å². The first-order chi connectivity index (χ1) is 13.7. The van der Waals surface area contributed by atoms with Crippen LogP contribution < -0.4 is 4.74 Å². The van der Waals surface area contributed by atoms with E-state index in [1.807, 2.05) is 18.2 Å². The maximum Gasteiger partial charge on any atom is 0.311 e. The molecule has 0 spiro atoms. The number of nitrogens with zero attached hydrogens (tertiary/aromatic N) is 2. The number of halogens is 1. The molecule has 0 aliphatic rings. The van der Waals surface area contributed by atoms with Crippen LogP contribution in [0.1, 0.15) is 58.3 Å². The lowest BCUT2D eigenvalue weighted by atomic mass is 10.1. The second kappa shape index (κ2) is 10.4. The van der Waals surface area contributed by atoms with Gasteiger partial charge in [-0.1, -0.05) is 61.4 Å². The molecule has 6 heteroatoms. The summed E-state index contributed by atoms with van der Waals surface area (Å²) in [6, 6.07) is 9.06. The Hall–Kier alpha value is -2.21. The predicted molar refractivity (Wildman–Crippen MR) is 113 cm³/mol. The minimum atomic E-state index is -0.230. The van der Waals surface area contributed by atoms with Crippen LogP contribution in [0.15, 0.2) is 45.4 Å². The lowest BCUT2D eigenvalue weighted by Gasteiger charge is -2.08. The SMILES string of the molecule is CCCCCCCCCC(=O)Oc1ccc(Br)cc1-c1nc2cccnc2o1. The fraction of sp³-hybridized carbons (Fsp3) is 0.409. The van der Waals surface area contributed by atoms with Crippen molar-refractivity contribution in [1.82, 2.24) is 9.97 Å². The molecule has 28 heavy (non-hydrogen) atoms. The van der Waals surface area contributed by atoms with Crippen molar-refractivity contribution in [2.75, 3.05) is 0 Å². The van der Waals surface area contributed by atoms with E-state index < -0.39 is 0 Å². The van der Waals surface area contributed by atoms with E-state index in [1.54, 1.807) is 18.3 Å². The van der Waals surface area contributed by atoms with Crippen LogP contribution in [0.4, 0.5) is 0 Å². The molecule has 0 saturated carbocycles. The number of hydrogen-bond donors (Lipinski definition) is 0. The second-order valence-corrected chi connectivity index (χ2v) is 7.75. The van der Waals surface area contributed by atoms with E-state index >= 15 is 0 Å². The predicted octanol–water partition coefficient (Wildman–Crippen LogP) is 6.70. The molecule has 5 nitrogen and oxygen atoms in total. The van der Waals surface area contributed by atoms with Gasteiger partial charge in [0.15, 0.2) is 0 Å². The van der Waals surface area contributed by atoms with Gasteiger partial charge in [0.2, 0.25) is 11.6 Å². The van der Waals surface area contributed by atoms with Gasteiger partial charge >= 0.3 is 5.97 Å². The first-order valence-electron chi connectivity index (χ1n) is 9.89. The Morgan fingerprint density at radius 3 is 2.68 bits per heavy atom. The number of rotatable bonds is 10. The van der Waals surface area contributed by atoms with Gasteiger partial charge in [-0.05, 0) is 36.8 Å². The fourth-order valence-corrected chi connectivity index (χ4v) is 3.40. The highest BCUT2D eigenvalue weighted by molar-refractivity contribution is 9.10. The van der Waals surface area contributed by atoms with Gasteiger partial charge in [0.05, 0.1) is 5.56 Å². The van der Waals surface area contributed by atoms with Gasteiger partial charge < -0.3 is 9.15 Å². The summed E-state index contributed by atoms with van der Waals surface area (Å²) < 4.78 is 12.2. The van der Waals surface area contributed by atoms with Crippen molar-refractivity contribution in [2.45, 2.75) is 58.3 Å². The van der Waals surface area contributed by atoms with E-state index in [0.29, 0.717) is 34.9 Å². The number of oxazole rings is 1. The van der Waals surface area contributed by atoms with Gasteiger partial charge in [0, 0.05) is 17.1 Å². The number of aromatic nitrogens is 2. The zero-order chi connectivity index (χ0) is 19.8. The third-order valence-corrected chi connectivity index (χ3v) is 5.04. The average molecular weight is 445 g/mol. The molecular formula is C22H25BrN2O3. The van der Waals surface area contributed by atoms with Crippen molar-refractivity contribution in [2.24, 2.45) is 0 Å². The first kappa shape index (κ1) is 20.5. The largest absolute Gasteiger partial charge is 0.426 e. The highest BCUT2D eigenvalue weighted by atomic mass is 79.9. The molecule has 3 aromatic rings. The van der Waals surface area contributed by atoms with Crippen LogP contribution in [0.2, 0.25) is 0 Å². The molecule has 0 saturated heterocycles. The molecule has 0 unspecified atom stereocenters. The summed E-state index contributed by atoms with van der Waals surface area (Å²) in [5.41, 5.74) is 1.75. The number of fused-ring (bicyclic) bond motifs is 1. The van der Waals surface area contributed by atoms with E-state index in [1.165, 1.54) is 32.1 Å². The zero-order valence-electron chi connectivity index (χ0n) is 16.1. The first-order valence-corrected chi connectivity index (χ1v) is 10.7. The number of unbranched alkanes of at least 4 members (excludes halogenated alkanes) is 6. The maximum atomic E-state index is 12.3. The lowest BCUT2D eigenvalue weighted by molar-refractivity contribution is -0.134. The van der Waals surface area contributed by atoms with Crippen molar-refractivity contribution in [3.63, 3.8) is 0 Å². The Labute approximate surface area is 173 Å². The van der Waals surface area contributed by atoms with Gasteiger partial charge in [-0.25, -0.2) is 9.97 Å². The van der Waals surface area contributed by atoms with Crippen molar-refractivity contribution in [3.05, 3.63) is 41.0 Å². The number of esters is 1. The Bertz CT molecular complexity index is 890. The van der Waals surface area contributed by atoms with Crippen LogP contribution in [-0.4, -0.2) is 15.9 Å². The summed E-state index contributed by atoms with van der Waals surface area (Å²) in [5, 5.41) is 0. The average Bonchev–Trinajstić information content (AvgIpc) is 3.12. The normalized spacial score (nSPS) is 11.1. The Morgan fingerprint density at radius 2 is 1.89 bits per heavy atom. The van der Waals surface area contributed by atoms with Gasteiger partial charge in [-0.15, -0.1) is 0 Å². The minimum Gasteiger partial charge on any atom is -0.426 e. The smallest absolute Gasteiger partial charge is 0.311 e. The van der Waals surface area contributed by atoms with Gasteiger partial charge in [0.25, 0.3) is 0 Å². The molecule has 0 N–H and O–H groups in total. The quantitative estimate of drug-likeness (QED) is 0.197. The highest BCUT2D eigenvalue weighted by Gasteiger charge is 2.17. The topological polar surface area (TPSA) is 65.2 Å². The zero-order valence-corrected chi connectivity index (χ0v) is 17.7. The second-order valence-electron chi connectivity index (χ2n) is 6.83. The van der Waals surface area contributed by atoms with Gasteiger partial charge in [-0.3, -0.25) is 4.79 Å². The summed E-state index contributed by atoms with van der Waals surface area (Å²) >= 11 is 3.46. The standard InChI is InChI=1S/C22H25BrN2O3/c1-2-3-4-5-6-7-8-11-20(26)27-19-13-12-16(23)15-17(19)21-25-18-10-9-14-24-22(18)28-21/h9-10,12-15H,2-8,11H2,1H3. The number of carbonyl (C=O) groups excluding carboxylic acids is 1. The van der Waals surface area contributed by atoms with Crippen molar-refractivity contribution in [1.29, 1.82) is 0 Å². The summed E-state index contributed by atoms with van der Waals surface area (Å²) in [4.78, 5) is 20.9. The summed E-state index contributed by atoms with van der Waals surface area (Å²) in [7, 11) is 0. The van der Waals surface area contributed by atoms with Crippen LogP contribution in [0, 0.1) is 0 Å². The molecule has 0 aliphatic heterocycles. The van der Waals surface area contributed by atoms with Crippen molar-refractivity contribution in [3.8, 4) is 17.2 Å². The van der Waals surface area contributed by atoms with Crippen LogP contribution in [0.25, 0.3) is 22.7 Å². The Morgan fingerprint density at radius 1 is 1.11 bits per heavy atom. The molecule has 0 aliphatic carbocycles. The summed E-state index contributed by atoms with van der Waals surface area (Å²) in [6.45, 7) is 2.21. The summed E-state index contributed by atoms with van der Waals surface area (Å²) in [5.74, 6) is 0.600. The molecule has 2 aromatic heterocycles. The maximum absolute atomic E-state index is 12.3. The van der Waals surface area contributed by atoms with Gasteiger partial charge in [0.1, 0.15) is 11.3 Å². The number of carbonyl (C=O) groups is 1. The molecule has 148 valence electrons. The highest BCUT2D eigenvalue weighted by Crippen LogP contribution is 2.34. The molecule has 0 fully saturated rings. The lowest BCUT2D eigenvalue weighted by Crippen LogP contribution is -2.08. The van der Waals surface area contributed by atoms with Crippen LogP contribution in [0.3, 0.4) is 0 Å². The molecule has 3 rings (SSSR count). The van der Waals surface area contributed by atoms with Crippen LogP contribution >= 0.6 is 15.9 Å². The van der Waals surface area contributed by atoms with E-state index in [4.69, 9.17) is 9.15 Å². The van der Waals surface area contributed by atoms with Gasteiger partial charge in [-0.2, -0.15) is 0 Å². The van der Waals surface area contributed by atoms with Crippen molar-refractivity contribution < 1.29 is 13.9 Å². The van der Waals surface area contributed by atoms with E-state index in [0.717, 1.165) is 17.3 Å². The molecule has 1 aromatic carbocycles. The number of hydrogen-bond acceptors (Lipinski definition) is 5. The molecule has 0 atom stereocenters. The van der Waals surface area contributed by atoms with Crippen molar-refractivity contribution >= 4 is 33.1 Å². The Kier molecular flexibility index (Phi) is 7.60. The Balaban J connectivity index is 1.62. The molecular weight excluding hydrogens is 420 g/mol. The van der Waals surface area contributed by atoms with E-state index in [2.05, 4.69) is 32.8 Å². The fourth-order valence-electron chi connectivity index (χ4n) is 3.04. The van der Waals surface area contributed by atoms with Crippen LogP contribution in [-0.2, 0) is 4.79 Å². The molecule has 2 heterocycles. The summed E-state index contributed by atoms with van der Waals surface area (Å²) in [6.07, 6.45) is 10.2. The third-order valence-electron chi connectivity index (χ3n) is 4.55. The van der Waals surface area contributed by atoms with E-state index in [9.17, 15) is 4.79 Å². The number of benzene rings is 1. The monoisotopic (exact) mass is 444 g/mol. The number of pyridine rings is 1. The molecule has 0 radical (unpaired) electrons.